The fourth-order valence-electron chi connectivity index (χ4n) is 2.35. The molecule has 1 saturated heterocycles. The molecule has 0 spiro atoms. The Labute approximate surface area is 109 Å². The molecule has 0 aromatic heterocycles. The normalized spacial score (nSPS) is 22.2. The molecule has 0 bridgehead atoms. The SMILES string of the molecule is CC(CN(C)C(=O)N1CCCCCC1C)C(=O)O. The van der Waals surface area contributed by atoms with E-state index in [-0.39, 0.29) is 18.6 Å². The van der Waals surface area contributed by atoms with Crippen molar-refractivity contribution in [2.75, 3.05) is 20.1 Å². The van der Waals surface area contributed by atoms with E-state index in [0.29, 0.717) is 0 Å². The summed E-state index contributed by atoms with van der Waals surface area (Å²) in [6.07, 6.45) is 4.41. The zero-order valence-electron chi connectivity index (χ0n) is 11.6. The summed E-state index contributed by atoms with van der Waals surface area (Å²) in [5.74, 6) is -1.39. The van der Waals surface area contributed by atoms with Gasteiger partial charge in [0.1, 0.15) is 0 Å². The van der Waals surface area contributed by atoms with Crippen LogP contribution in [0.15, 0.2) is 0 Å². The van der Waals surface area contributed by atoms with Crippen molar-refractivity contribution in [3.63, 3.8) is 0 Å². The quantitative estimate of drug-likeness (QED) is 0.840. The minimum absolute atomic E-state index is 0.0440. The Morgan fingerprint density at radius 1 is 1.39 bits per heavy atom. The smallest absolute Gasteiger partial charge is 0.320 e. The first-order chi connectivity index (χ1) is 8.43. The van der Waals surface area contributed by atoms with Gasteiger partial charge in [0.2, 0.25) is 0 Å². The van der Waals surface area contributed by atoms with Crippen LogP contribution in [0.5, 0.6) is 0 Å². The Kier molecular flexibility index (Phi) is 5.44. The summed E-state index contributed by atoms with van der Waals surface area (Å²) in [6.45, 7) is 4.73. The lowest BCUT2D eigenvalue weighted by Crippen LogP contribution is -2.47. The average Bonchev–Trinajstić information content (AvgIpc) is 2.52. The third kappa shape index (κ3) is 3.89. The van der Waals surface area contributed by atoms with E-state index in [2.05, 4.69) is 6.92 Å². The maximum atomic E-state index is 12.3. The van der Waals surface area contributed by atoms with E-state index in [1.54, 1.807) is 14.0 Å². The van der Waals surface area contributed by atoms with E-state index >= 15 is 0 Å². The third-order valence-corrected chi connectivity index (χ3v) is 3.59. The van der Waals surface area contributed by atoms with Gasteiger partial charge in [0.15, 0.2) is 0 Å². The van der Waals surface area contributed by atoms with Crippen LogP contribution in [0.4, 0.5) is 4.79 Å². The van der Waals surface area contributed by atoms with Gasteiger partial charge in [0.25, 0.3) is 0 Å². The Morgan fingerprint density at radius 3 is 2.67 bits per heavy atom. The van der Waals surface area contributed by atoms with E-state index in [1.807, 2.05) is 4.90 Å². The molecule has 0 aliphatic carbocycles. The summed E-state index contributed by atoms with van der Waals surface area (Å²) in [5, 5.41) is 8.87. The molecule has 1 aliphatic rings. The molecular formula is C13H24N2O3. The first-order valence-corrected chi connectivity index (χ1v) is 6.68. The van der Waals surface area contributed by atoms with Crippen LogP contribution in [0, 0.1) is 5.92 Å². The summed E-state index contributed by atoms with van der Waals surface area (Å²) in [7, 11) is 1.68. The second-order valence-electron chi connectivity index (χ2n) is 5.29. The number of amides is 2. The van der Waals surface area contributed by atoms with Gasteiger partial charge in [-0.05, 0) is 19.8 Å². The number of likely N-dealkylation sites (tertiary alicyclic amines) is 1. The second kappa shape index (κ2) is 6.61. The minimum atomic E-state index is -0.862. The van der Waals surface area contributed by atoms with Crippen molar-refractivity contribution in [2.45, 2.75) is 45.6 Å². The Balaban J connectivity index is 2.58. The number of nitrogens with zero attached hydrogens (tertiary/aromatic N) is 2. The lowest BCUT2D eigenvalue weighted by Gasteiger charge is -2.32. The first kappa shape index (κ1) is 14.8. The van der Waals surface area contributed by atoms with Gasteiger partial charge in [-0.1, -0.05) is 19.8 Å². The van der Waals surface area contributed by atoms with E-state index in [4.69, 9.17) is 5.11 Å². The highest BCUT2D eigenvalue weighted by Crippen LogP contribution is 2.18. The molecule has 1 rings (SSSR count). The molecule has 1 heterocycles. The Morgan fingerprint density at radius 2 is 2.06 bits per heavy atom. The predicted octanol–water partition coefficient (Wildman–Crippen LogP) is 2.02. The van der Waals surface area contributed by atoms with Crippen molar-refractivity contribution < 1.29 is 14.7 Å². The molecule has 0 saturated carbocycles. The maximum Gasteiger partial charge on any atom is 0.320 e. The van der Waals surface area contributed by atoms with Crippen molar-refractivity contribution in [3.05, 3.63) is 0 Å². The van der Waals surface area contributed by atoms with Crippen molar-refractivity contribution in [1.29, 1.82) is 0 Å². The molecule has 1 aliphatic heterocycles. The summed E-state index contributed by atoms with van der Waals surface area (Å²) in [4.78, 5) is 26.5. The van der Waals surface area contributed by atoms with Crippen molar-refractivity contribution in [2.24, 2.45) is 5.92 Å². The summed E-state index contributed by atoms with van der Waals surface area (Å²) < 4.78 is 0. The molecule has 104 valence electrons. The number of hydrogen-bond donors (Lipinski definition) is 1. The van der Waals surface area contributed by atoms with Crippen LogP contribution in [0.3, 0.4) is 0 Å². The zero-order chi connectivity index (χ0) is 13.7. The summed E-state index contributed by atoms with van der Waals surface area (Å²) >= 11 is 0. The lowest BCUT2D eigenvalue weighted by molar-refractivity contribution is -0.141. The number of rotatable bonds is 3. The molecule has 2 atom stereocenters. The van der Waals surface area contributed by atoms with Crippen LogP contribution in [0.25, 0.3) is 0 Å². The number of carbonyl (C=O) groups excluding carboxylic acids is 1. The van der Waals surface area contributed by atoms with Gasteiger partial charge < -0.3 is 14.9 Å². The van der Waals surface area contributed by atoms with E-state index in [1.165, 1.54) is 17.7 Å². The van der Waals surface area contributed by atoms with Crippen LogP contribution < -0.4 is 0 Å². The van der Waals surface area contributed by atoms with Crippen molar-refractivity contribution in [1.82, 2.24) is 9.80 Å². The molecule has 0 aromatic carbocycles. The summed E-state index contributed by atoms with van der Waals surface area (Å²) in [5.41, 5.74) is 0. The fraction of sp³-hybridized carbons (Fsp3) is 0.846. The molecule has 5 nitrogen and oxygen atoms in total. The van der Waals surface area contributed by atoms with Crippen LogP contribution in [-0.4, -0.2) is 53.1 Å². The molecule has 0 radical (unpaired) electrons. The van der Waals surface area contributed by atoms with Crippen LogP contribution >= 0.6 is 0 Å². The summed E-state index contributed by atoms with van der Waals surface area (Å²) in [6, 6.07) is 0.208. The molecule has 1 N–H and O–H groups in total. The Hall–Kier alpha value is -1.26. The van der Waals surface area contributed by atoms with Gasteiger partial charge in [0, 0.05) is 26.2 Å². The number of carboxylic acid groups (broad SMARTS) is 1. The molecule has 0 aromatic rings. The highest BCUT2D eigenvalue weighted by molar-refractivity contribution is 5.76. The third-order valence-electron chi connectivity index (χ3n) is 3.59. The van der Waals surface area contributed by atoms with Crippen molar-refractivity contribution >= 4 is 12.0 Å². The number of carboxylic acids is 1. The first-order valence-electron chi connectivity index (χ1n) is 6.68. The van der Waals surface area contributed by atoms with Gasteiger partial charge in [0.05, 0.1) is 5.92 Å². The molecular weight excluding hydrogens is 232 g/mol. The molecule has 2 unspecified atom stereocenters. The lowest BCUT2D eigenvalue weighted by atomic mass is 10.1. The van der Waals surface area contributed by atoms with Crippen LogP contribution in [-0.2, 0) is 4.79 Å². The standard InChI is InChI=1S/C13H24N2O3/c1-10(12(16)17)9-14(3)13(18)15-8-6-4-5-7-11(15)2/h10-11H,4-9H2,1-3H3,(H,16,17). The number of urea groups is 1. The van der Waals surface area contributed by atoms with Crippen LogP contribution in [0.1, 0.15) is 39.5 Å². The Bertz CT molecular complexity index is 307. The monoisotopic (exact) mass is 256 g/mol. The zero-order valence-corrected chi connectivity index (χ0v) is 11.6. The average molecular weight is 256 g/mol. The number of aliphatic carboxylic acids is 1. The minimum Gasteiger partial charge on any atom is -0.481 e. The van der Waals surface area contributed by atoms with E-state index < -0.39 is 11.9 Å². The highest BCUT2D eigenvalue weighted by atomic mass is 16.4. The van der Waals surface area contributed by atoms with Crippen molar-refractivity contribution in [3.8, 4) is 0 Å². The van der Waals surface area contributed by atoms with Gasteiger partial charge in [-0.2, -0.15) is 0 Å². The topological polar surface area (TPSA) is 60.9 Å². The fourth-order valence-corrected chi connectivity index (χ4v) is 2.35. The van der Waals surface area contributed by atoms with E-state index in [9.17, 15) is 9.59 Å². The predicted molar refractivity (Wildman–Crippen MR) is 69.5 cm³/mol. The number of hydrogen-bond acceptors (Lipinski definition) is 2. The highest BCUT2D eigenvalue weighted by Gasteiger charge is 2.26. The van der Waals surface area contributed by atoms with E-state index in [0.717, 1.165) is 19.4 Å². The van der Waals surface area contributed by atoms with Gasteiger partial charge in [-0.25, -0.2) is 4.79 Å². The largest absolute Gasteiger partial charge is 0.481 e. The van der Waals surface area contributed by atoms with Gasteiger partial charge in [-0.15, -0.1) is 0 Å². The van der Waals surface area contributed by atoms with Crippen LogP contribution in [0.2, 0.25) is 0 Å². The van der Waals surface area contributed by atoms with Gasteiger partial charge in [-0.3, -0.25) is 4.79 Å². The molecule has 1 fully saturated rings. The maximum absolute atomic E-state index is 12.3. The molecule has 2 amide bonds. The molecule has 5 heteroatoms. The second-order valence-corrected chi connectivity index (χ2v) is 5.29. The number of carbonyl (C=O) groups is 2. The van der Waals surface area contributed by atoms with Gasteiger partial charge >= 0.3 is 12.0 Å². The molecule has 18 heavy (non-hydrogen) atoms.